The third-order valence-corrected chi connectivity index (χ3v) is 2.90. The lowest BCUT2D eigenvalue weighted by atomic mass is 9.94. The Morgan fingerprint density at radius 2 is 2.12 bits per heavy atom. The van der Waals surface area contributed by atoms with Crippen molar-refractivity contribution in [2.75, 3.05) is 20.3 Å². The van der Waals surface area contributed by atoms with E-state index in [4.69, 9.17) is 4.74 Å². The maximum Gasteiger partial charge on any atom is 0.249 e. The fourth-order valence-electron chi connectivity index (χ4n) is 1.87. The van der Waals surface area contributed by atoms with E-state index in [0.29, 0.717) is 25.0 Å². The van der Waals surface area contributed by atoms with Gasteiger partial charge in [0.2, 0.25) is 5.91 Å². The molecular weight excluding hydrogens is 206 g/mol. The molecule has 5 nitrogen and oxygen atoms in total. The van der Waals surface area contributed by atoms with Crippen molar-refractivity contribution in [1.82, 2.24) is 10.6 Å². The number of amides is 1. The van der Waals surface area contributed by atoms with Gasteiger partial charge in [0, 0.05) is 7.11 Å². The number of carbonyl (C=O) groups is 1. The number of aliphatic imine (C=N–C) groups is 1. The molecule has 0 saturated carbocycles. The van der Waals surface area contributed by atoms with Crippen LogP contribution in [0.25, 0.3) is 0 Å². The first-order valence-electron chi connectivity index (χ1n) is 5.83. The second-order valence-corrected chi connectivity index (χ2v) is 3.91. The van der Waals surface area contributed by atoms with Crippen molar-refractivity contribution in [3.05, 3.63) is 0 Å². The molecule has 0 aromatic rings. The number of nitrogens with zero attached hydrogens (tertiary/aromatic N) is 1. The van der Waals surface area contributed by atoms with E-state index in [0.717, 1.165) is 12.8 Å². The molecular formula is C11H21N3O2. The molecule has 0 bridgehead atoms. The molecule has 2 N–H and O–H groups in total. The number of guanidine groups is 1. The van der Waals surface area contributed by atoms with Crippen LogP contribution in [-0.4, -0.2) is 38.2 Å². The number of carbonyl (C=O) groups excluding carboxylic acids is 1. The van der Waals surface area contributed by atoms with Crippen LogP contribution in [-0.2, 0) is 9.53 Å². The summed E-state index contributed by atoms with van der Waals surface area (Å²) >= 11 is 0. The number of hydrogen-bond donors (Lipinski definition) is 2. The van der Waals surface area contributed by atoms with Gasteiger partial charge in [0.15, 0.2) is 5.96 Å². The molecule has 1 atom stereocenters. The Morgan fingerprint density at radius 1 is 1.44 bits per heavy atom. The van der Waals surface area contributed by atoms with Crippen LogP contribution in [0.3, 0.4) is 0 Å². The summed E-state index contributed by atoms with van der Waals surface area (Å²) in [6.45, 7) is 5.33. The fraction of sp³-hybridized carbons (Fsp3) is 0.818. The molecule has 1 heterocycles. The summed E-state index contributed by atoms with van der Waals surface area (Å²) < 4.78 is 4.90. The second-order valence-electron chi connectivity index (χ2n) is 3.91. The molecule has 5 heteroatoms. The molecule has 0 radical (unpaired) electrons. The Labute approximate surface area is 96.7 Å². The van der Waals surface area contributed by atoms with Crippen LogP contribution in [0.2, 0.25) is 0 Å². The Balaban J connectivity index is 2.52. The van der Waals surface area contributed by atoms with E-state index >= 15 is 0 Å². The second kappa shape index (κ2) is 6.48. The van der Waals surface area contributed by atoms with Crippen molar-refractivity contribution in [2.24, 2.45) is 10.9 Å². The summed E-state index contributed by atoms with van der Waals surface area (Å²) in [6.07, 6.45) is 1.99. The zero-order valence-electron chi connectivity index (χ0n) is 10.2. The minimum absolute atomic E-state index is 0.0323. The minimum atomic E-state index is -0.128. The van der Waals surface area contributed by atoms with Gasteiger partial charge >= 0.3 is 0 Å². The summed E-state index contributed by atoms with van der Waals surface area (Å²) in [4.78, 5) is 15.9. The topological polar surface area (TPSA) is 62.7 Å². The molecule has 1 unspecified atom stereocenters. The quantitative estimate of drug-likeness (QED) is 0.650. The molecule has 0 aliphatic carbocycles. The SMILES string of the molecule is CCC(CC)C1NC(=NCCOC)NC1=O. The zero-order valence-corrected chi connectivity index (χ0v) is 10.2. The van der Waals surface area contributed by atoms with Crippen LogP contribution in [0.4, 0.5) is 0 Å². The van der Waals surface area contributed by atoms with Gasteiger partial charge in [-0.3, -0.25) is 15.1 Å². The summed E-state index contributed by atoms with van der Waals surface area (Å²) in [6, 6.07) is -0.128. The van der Waals surface area contributed by atoms with E-state index < -0.39 is 0 Å². The molecule has 16 heavy (non-hydrogen) atoms. The van der Waals surface area contributed by atoms with E-state index in [1.54, 1.807) is 7.11 Å². The Kier molecular flexibility index (Phi) is 5.25. The molecule has 0 aromatic carbocycles. The van der Waals surface area contributed by atoms with Gasteiger partial charge < -0.3 is 10.1 Å². The molecule has 1 rings (SSSR count). The first kappa shape index (κ1) is 13.0. The van der Waals surface area contributed by atoms with Crippen LogP contribution in [0.5, 0.6) is 0 Å². The maximum absolute atomic E-state index is 11.7. The van der Waals surface area contributed by atoms with Gasteiger partial charge in [-0.2, -0.15) is 0 Å². The van der Waals surface area contributed by atoms with Crippen LogP contribution in [0, 0.1) is 5.92 Å². The van der Waals surface area contributed by atoms with Crippen molar-refractivity contribution < 1.29 is 9.53 Å². The highest BCUT2D eigenvalue weighted by Crippen LogP contribution is 2.15. The summed E-state index contributed by atoms with van der Waals surface area (Å²) in [7, 11) is 1.63. The molecule has 92 valence electrons. The molecule has 1 aliphatic heterocycles. The Bertz CT molecular complexity index is 262. The van der Waals surface area contributed by atoms with E-state index in [1.165, 1.54) is 0 Å². The summed E-state index contributed by atoms with van der Waals surface area (Å²) in [5, 5.41) is 5.89. The molecule has 1 fully saturated rings. The number of nitrogens with one attached hydrogen (secondary N) is 2. The van der Waals surface area contributed by atoms with Crippen molar-refractivity contribution in [3.63, 3.8) is 0 Å². The van der Waals surface area contributed by atoms with Gasteiger partial charge in [-0.15, -0.1) is 0 Å². The zero-order chi connectivity index (χ0) is 12.0. The first-order valence-corrected chi connectivity index (χ1v) is 5.83. The third-order valence-electron chi connectivity index (χ3n) is 2.90. The Hall–Kier alpha value is -1.10. The predicted molar refractivity (Wildman–Crippen MR) is 63.3 cm³/mol. The third kappa shape index (κ3) is 3.20. The highest BCUT2D eigenvalue weighted by Gasteiger charge is 2.32. The van der Waals surface area contributed by atoms with Crippen LogP contribution in [0.1, 0.15) is 26.7 Å². The van der Waals surface area contributed by atoms with Crippen LogP contribution >= 0.6 is 0 Å². The number of rotatable bonds is 6. The lowest BCUT2D eigenvalue weighted by Crippen LogP contribution is -2.36. The number of ether oxygens (including phenoxy) is 1. The number of methoxy groups -OCH3 is 1. The van der Waals surface area contributed by atoms with Gasteiger partial charge in [0.25, 0.3) is 0 Å². The molecule has 0 aromatic heterocycles. The Morgan fingerprint density at radius 3 is 2.69 bits per heavy atom. The largest absolute Gasteiger partial charge is 0.383 e. The van der Waals surface area contributed by atoms with Crippen molar-refractivity contribution >= 4 is 11.9 Å². The summed E-state index contributed by atoms with van der Waals surface area (Å²) in [5.41, 5.74) is 0. The fourth-order valence-corrected chi connectivity index (χ4v) is 1.87. The predicted octanol–water partition coefficient (Wildman–Crippen LogP) is 0.513. The minimum Gasteiger partial charge on any atom is -0.383 e. The van der Waals surface area contributed by atoms with E-state index in [1.807, 2.05) is 0 Å². The maximum atomic E-state index is 11.7. The van der Waals surface area contributed by atoms with Crippen molar-refractivity contribution in [1.29, 1.82) is 0 Å². The van der Waals surface area contributed by atoms with Crippen molar-refractivity contribution in [3.8, 4) is 0 Å². The average molecular weight is 227 g/mol. The van der Waals surface area contributed by atoms with Gasteiger partial charge in [-0.25, -0.2) is 0 Å². The van der Waals surface area contributed by atoms with Gasteiger partial charge in [-0.1, -0.05) is 26.7 Å². The van der Waals surface area contributed by atoms with E-state index in [2.05, 4.69) is 29.5 Å². The normalized spacial score (nSPS) is 22.6. The molecule has 1 amide bonds. The van der Waals surface area contributed by atoms with Gasteiger partial charge in [0.05, 0.1) is 13.2 Å². The standard InChI is InChI=1S/C11H21N3O2/c1-4-8(5-2)9-10(15)14-11(13-9)12-6-7-16-3/h8-9H,4-7H2,1-3H3,(H2,12,13,14,15). The number of hydrogen-bond acceptors (Lipinski definition) is 3. The highest BCUT2D eigenvalue weighted by molar-refractivity contribution is 6.06. The van der Waals surface area contributed by atoms with E-state index in [-0.39, 0.29) is 11.9 Å². The van der Waals surface area contributed by atoms with Crippen LogP contribution in [0.15, 0.2) is 4.99 Å². The first-order chi connectivity index (χ1) is 7.72. The van der Waals surface area contributed by atoms with Crippen molar-refractivity contribution in [2.45, 2.75) is 32.7 Å². The molecule has 1 aliphatic rings. The van der Waals surface area contributed by atoms with E-state index in [9.17, 15) is 4.79 Å². The van der Waals surface area contributed by atoms with Gasteiger partial charge in [-0.05, 0) is 5.92 Å². The lowest BCUT2D eigenvalue weighted by Gasteiger charge is -2.17. The molecule has 0 spiro atoms. The summed E-state index contributed by atoms with van der Waals surface area (Å²) in [5.74, 6) is 0.985. The van der Waals surface area contributed by atoms with Gasteiger partial charge in [0.1, 0.15) is 6.04 Å². The lowest BCUT2D eigenvalue weighted by molar-refractivity contribution is -0.121. The highest BCUT2D eigenvalue weighted by atomic mass is 16.5. The average Bonchev–Trinajstić information content (AvgIpc) is 2.63. The monoisotopic (exact) mass is 227 g/mol. The van der Waals surface area contributed by atoms with Crippen LogP contribution < -0.4 is 10.6 Å². The smallest absolute Gasteiger partial charge is 0.249 e. The molecule has 1 saturated heterocycles.